The Bertz CT molecular complexity index is 573. The third-order valence-corrected chi connectivity index (χ3v) is 3.73. The maximum Gasteiger partial charge on any atom is 0.0848 e. The van der Waals surface area contributed by atoms with Gasteiger partial charge in [-0.3, -0.25) is 0 Å². The molecule has 0 atom stereocenters. The third kappa shape index (κ3) is 2.28. The molecule has 0 amide bonds. The molecule has 0 radical (unpaired) electrons. The van der Waals surface area contributed by atoms with E-state index in [1.54, 1.807) is 0 Å². The molecule has 96 valence electrons. The standard InChI is InChI=1S/C14H18ClN3/c1-9-8-13(5-4-12(9)6-7-16)18-11(3)14(15)10(2)17-18/h4-5,8H,6-7,16H2,1-3H3. The van der Waals surface area contributed by atoms with Gasteiger partial charge in [0.15, 0.2) is 0 Å². The average molecular weight is 264 g/mol. The molecule has 0 aliphatic carbocycles. The second kappa shape index (κ2) is 5.12. The van der Waals surface area contributed by atoms with E-state index in [0.29, 0.717) is 6.54 Å². The molecule has 2 aromatic rings. The van der Waals surface area contributed by atoms with E-state index in [0.717, 1.165) is 28.5 Å². The van der Waals surface area contributed by atoms with E-state index in [9.17, 15) is 0 Å². The summed E-state index contributed by atoms with van der Waals surface area (Å²) in [6, 6.07) is 6.30. The van der Waals surface area contributed by atoms with E-state index in [-0.39, 0.29) is 0 Å². The second-order valence-electron chi connectivity index (χ2n) is 4.55. The summed E-state index contributed by atoms with van der Waals surface area (Å²) in [5.41, 5.74) is 11.0. The van der Waals surface area contributed by atoms with Gasteiger partial charge in [-0.25, -0.2) is 4.68 Å². The molecule has 18 heavy (non-hydrogen) atoms. The van der Waals surface area contributed by atoms with Crippen LogP contribution in [0.5, 0.6) is 0 Å². The van der Waals surface area contributed by atoms with Gasteiger partial charge in [-0.1, -0.05) is 17.7 Å². The lowest BCUT2D eigenvalue weighted by Gasteiger charge is -2.09. The summed E-state index contributed by atoms with van der Waals surface area (Å²) in [5.74, 6) is 0. The molecule has 1 aromatic carbocycles. The number of halogens is 1. The predicted molar refractivity (Wildman–Crippen MR) is 75.5 cm³/mol. The van der Waals surface area contributed by atoms with E-state index in [1.807, 2.05) is 18.5 Å². The Morgan fingerprint density at radius 1 is 1.28 bits per heavy atom. The summed E-state index contributed by atoms with van der Waals surface area (Å²) in [5, 5.41) is 5.19. The van der Waals surface area contributed by atoms with Crippen molar-refractivity contribution in [1.29, 1.82) is 0 Å². The van der Waals surface area contributed by atoms with Gasteiger partial charge in [0, 0.05) is 0 Å². The molecule has 4 heteroatoms. The third-order valence-electron chi connectivity index (χ3n) is 3.19. The molecule has 0 saturated heterocycles. The first kappa shape index (κ1) is 13.1. The van der Waals surface area contributed by atoms with Gasteiger partial charge in [-0.05, 0) is 57.0 Å². The summed E-state index contributed by atoms with van der Waals surface area (Å²) < 4.78 is 1.89. The SMILES string of the molecule is Cc1cc(-n2nc(C)c(Cl)c2C)ccc1CCN. The fourth-order valence-electron chi connectivity index (χ4n) is 2.12. The highest BCUT2D eigenvalue weighted by atomic mass is 35.5. The Hall–Kier alpha value is -1.32. The van der Waals surface area contributed by atoms with E-state index >= 15 is 0 Å². The first-order valence-electron chi connectivity index (χ1n) is 6.06. The monoisotopic (exact) mass is 263 g/mol. The Kier molecular flexibility index (Phi) is 3.73. The lowest BCUT2D eigenvalue weighted by atomic mass is 10.1. The number of nitrogens with two attached hydrogens (primary N) is 1. The molecular weight excluding hydrogens is 246 g/mol. The fraction of sp³-hybridized carbons (Fsp3) is 0.357. The Labute approximate surface area is 113 Å². The molecule has 0 aliphatic rings. The van der Waals surface area contributed by atoms with Crippen LogP contribution >= 0.6 is 11.6 Å². The van der Waals surface area contributed by atoms with Crippen LogP contribution in [0.2, 0.25) is 5.02 Å². The minimum atomic E-state index is 0.673. The Morgan fingerprint density at radius 3 is 2.50 bits per heavy atom. The van der Waals surface area contributed by atoms with Crippen molar-refractivity contribution in [1.82, 2.24) is 9.78 Å². The van der Waals surface area contributed by atoms with Crippen molar-refractivity contribution in [2.45, 2.75) is 27.2 Å². The first-order valence-corrected chi connectivity index (χ1v) is 6.44. The van der Waals surface area contributed by atoms with Gasteiger partial charge in [-0.2, -0.15) is 5.10 Å². The van der Waals surface area contributed by atoms with Crippen LogP contribution in [0.15, 0.2) is 18.2 Å². The molecule has 2 rings (SSSR count). The van der Waals surface area contributed by atoms with Crippen molar-refractivity contribution >= 4 is 11.6 Å². The first-order chi connectivity index (χ1) is 8.54. The molecule has 2 N–H and O–H groups in total. The lowest BCUT2D eigenvalue weighted by molar-refractivity contribution is 0.830. The van der Waals surface area contributed by atoms with Gasteiger partial charge in [0.2, 0.25) is 0 Å². The lowest BCUT2D eigenvalue weighted by Crippen LogP contribution is -2.05. The molecule has 0 unspecified atom stereocenters. The quantitative estimate of drug-likeness (QED) is 0.925. The zero-order valence-corrected chi connectivity index (χ0v) is 11.8. The normalized spacial score (nSPS) is 10.9. The number of hydrogen-bond donors (Lipinski definition) is 1. The van der Waals surface area contributed by atoms with Crippen molar-refractivity contribution < 1.29 is 0 Å². The van der Waals surface area contributed by atoms with E-state index in [1.165, 1.54) is 11.1 Å². The molecule has 0 saturated carbocycles. The topological polar surface area (TPSA) is 43.8 Å². The molecule has 0 fully saturated rings. The number of benzene rings is 1. The largest absolute Gasteiger partial charge is 0.330 e. The molecule has 1 aromatic heterocycles. The van der Waals surface area contributed by atoms with Crippen LogP contribution in [-0.2, 0) is 6.42 Å². The summed E-state index contributed by atoms with van der Waals surface area (Å²) in [6.07, 6.45) is 0.907. The summed E-state index contributed by atoms with van der Waals surface area (Å²) in [7, 11) is 0. The van der Waals surface area contributed by atoms with Crippen LogP contribution < -0.4 is 5.73 Å². The number of nitrogens with zero attached hydrogens (tertiary/aromatic N) is 2. The van der Waals surface area contributed by atoms with Crippen LogP contribution in [0, 0.1) is 20.8 Å². The van der Waals surface area contributed by atoms with E-state index < -0.39 is 0 Å². The smallest absolute Gasteiger partial charge is 0.0848 e. The minimum Gasteiger partial charge on any atom is -0.330 e. The van der Waals surface area contributed by atoms with Gasteiger partial charge in [-0.15, -0.1) is 0 Å². The highest BCUT2D eigenvalue weighted by Crippen LogP contribution is 2.23. The van der Waals surface area contributed by atoms with Gasteiger partial charge in [0.1, 0.15) is 0 Å². The zero-order valence-electron chi connectivity index (χ0n) is 11.0. The second-order valence-corrected chi connectivity index (χ2v) is 4.92. The molecule has 0 spiro atoms. The summed E-state index contributed by atoms with van der Waals surface area (Å²) >= 11 is 6.17. The predicted octanol–water partition coefficient (Wildman–Crippen LogP) is 2.95. The number of rotatable bonds is 3. The van der Waals surface area contributed by atoms with Crippen molar-refractivity contribution in [2.75, 3.05) is 6.54 Å². The molecule has 0 aliphatic heterocycles. The maximum absolute atomic E-state index is 6.17. The van der Waals surface area contributed by atoms with E-state index in [2.05, 4.69) is 30.2 Å². The Balaban J connectivity index is 2.45. The minimum absolute atomic E-state index is 0.673. The number of hydrogen-bond acceptors (Lipinski definition) is 2. The fourth-order valence-corrected chi connectivity index (χ4v) is 2.24. The average Bonchev–Trinajstić information content (AvgIpc) is 2.60. The Morgan fingerprint density at radius 2 is 2.00 bits per heavy atom. The van der Waals surface area contributed by atoms with Crippen molar-refractivity contribution in [2.24, 2.45) is 5.73 Å². The summed E-state index contributed by atoms with van der Waals surface area (Å²) in [4.78, 5) is 0. The zero-order chi connectivity index (χ0) is 13.3. The van der Waals surface area contributed by atoms with Gasteiger partial charge >= 0.3 is 0 Å². The number of aromatic nitrogens is 2. The highest BCUT2D eigenvalue weighted by molar-refractivity contribution is 6.31. The van der Waals surface area contributed by atoms with Gasteiger partial charge in [0.25, 0.3) is 0 Å². The van der Waals surface area contributed by atoms with Crippen LogP contribution in [-0.4, -0.2) is 16.3 Å². The molecule has 0 bridgehead atoms. The molecule has 1 heterocycles. The van der Waals surface area contributed by atoms with Crippen LogP contribution in [0.1, 0.15) is 22.5 Å². The van der Waals surface area contributed by atoms with Gasteiger partial charge < -0.3 is 5.73 Å². The van der Waals surface area contributed by atoms with Crippen molar-refractivity contribution in [3.63, 3.8) is 0 Å². The van der Waals surface area contributed by atoms with Crippen molar-refractivity contribution in [3.05, 3.63) is 45.7 Å². The van der Waals surface area contributed by atoms with Crippen LogP contribution in [0.4, 0.5) is 0 Å². The molecular formula is C14H18ClN3. The van der Waals surface area contributed by atoms with Crippen LogP contribution in [0.25, 0.3) is 5.69 Å². The van der Waals surface area contributed by atoms with Crippen molar-refractivity contribution in [3.8, 4) is 5.69 Å². The van der Waals surface area contributed by atoms with Crippen LogP contribution in [0.3, 0.4) is 0 Å². The number of aryl methyl sites for hydroxylation is 2. The summed E-state index contributed by atoms with van der Waals surface area (Å²) in [6.45, 7) is 6.67. The maximum atomic E-state index is 6.17. The highest BCUT2D eigenvalue weighted by Gasteiger charge is 2.11. The van der Waals surface area contributed by atoms with Gasteiger partial charge in [0.05, 0.1) is 22.1 Å². The van der Waals surface area contributed by atoms with E-state index in [4.69, 9.17) is 17.3 Å². The molecule has 3 nitrogen and oxygen atoms in total.